The van der Waals surface area contributed by atoms with E-state index in [9.17, 15) is 4.79 Å². The molecule has 1 fully saturated rings. The molecule has 1 aliphatic rings. The number of aromatic nitrogens is 1. The van der Waals surface area contributed by atoms with E-state index in [-0.39, 0.29) is 12.5 Å². The molecule has 0 unspecified atom stereocenters. The van der Waals surface area contributed by atoms with Gasteiger partial charge >= 0.3 is 0 Å². The van der Waals surface area contributed by atoms with Gasteiger partial charge < -0.3 is 19.3 Å². The average molecular weight is 430 g/mol. The minimum absolute atomic E-state index is 0.0944. The summed E-state index contributed by atoms with van der Waals surface area (Å²) in [5.41, 5.74) is 4.05. The van der Waals surface area contributed by atoms with Crippen LogP contribution in [0.15, 0.2) is 34.9 Å². The summed E-state index contributed by atoms with van der Waals surface area (Å²) in [6.07, 6.45) is 0. The zero-order chi connectivity index (χ0) is 21.1. The summed E-state index contributed by atoms with van der Waals surface area (Å²) in [5.74, 6) is 0.373. The van der Waals surface area contributed by atoms with Gasteiger partial charge in [0.2, 0.25) is 0 Å². The number of aryl methyl sites for hydroxylation is 2. The van der Waals surface area contributed by atoms with Gasteiger partial charge in [-0.3, -0.25) is 9.69 Å². The number of carbonyl (C=O) groups excluding carboxylic acids is 1. The number of nitrogens with zero attached hydrogens (tertiary/aromatic N) is 2. The molecule has 0 saturated carbocycles. The zero-order valence-corrected chi connectivity index (χ0v) is 17.8. The van der Waals surface area contributed by atoms with E-state index in [0.29, 0.717) is 28.6 Å². The lowest BCUT2D eigenvalue weighted by atomic mass is 10.1. The quantitative estimate of drug-likeness (QED) is 0.639. The van der Waals surface area contributed by atoms with E-state index < -0.39 is 0 Å². The lowest BCUT2D eigenvalue weighted by molar-refractivity contribution is -0.118. The highest BCUT2D eigenvalue weighted by Crippen LogP contribution is 2.26. The number of morpholine rings is 1. The number of ether oxygens (including phenoxy) is 2. The van der Waals surface area contributed by atoms with Gasteiger partial charge in [0.15, 0.2) is 12.2 Å². The lowest BCUT2D eigenvalue weighted by Crippen LogP contribution is -2.35. The van der Waals surface area contributed by atoms with Crippen molar-refractivity contribution >= 4 is 34.2 Å². The molecule has 7 nitrogen and oxygen atoms in total. The van der Waals surface area contributed by atoms with Crippen LogP contribution in [0.1, 0.15) is 16.8 Å². The Morgan fingerprint density at radius 1 is 1.20 bits per heavy atom. The van der Waals surface area contributed by atoms with Gasteiger partial charge in [0.25, 0.3) is 5.91 Å². The van der Waals surface area contributed by atoms with Crippen molar-refractivity contribution in [3.8, 4) is 5.75 Å². The first-order valence-corrected chi connectivity index (χ1v) is 10.3. The third kappa shape index (κ3) is 4.75. The highest BCUT2D eigenvalue weighted by molar-refractivity contribution is 6.32. The molecule has 1 aromatic heterocycles. The minimum Gasteiger partial charge on any atom is -0.484 e. The summed E-state index contributed by atoms with van der Waals surface area (Å²) in [6, 6.07) is 9.14. The van der Waals surface area contributed by atoms with Gasteiger partial charge in [-0.1, -0.05) is 16.8 Å². The van der Waals surface area contributed by atoms with Crippen molar-refractivity contribution in [2.75, 3.05) is 38.2 Å². The van der Waals surface area contributed by atoms with Crippen LogP contribution in [0.25, 0.3) is 11.0 Å². The number of amides is 1. The molecular weight excluding hydrogens is 406 g/mol. The first kappa shape index (κ1) is 20.7. The smallest absolute Gasteiger partial charge is 0.262 e. The van der Waals surface area contributed by atoms with Gasteiger partial charge in [-0.25, -0.2) is 0 Å². The van der Waals surface area contributed by atoms with Crippen molar-refractivity contribution in [2.45, 2.75) is 20.4 Å². The van der Waals surface area contributed by atoms with Crippen molar-refractivity contribution in [1.82, 2.24) is 10.1 Å². The number of fused-ring (bicyclic) bond motifs is 1. The van der Waals surface area contributed by atoms with Crippen molar-refractivity contribution < 1.29 is 18.8 Å². The Kier molecular flexibility index (Phi) is 6.22. The number of halogens is 1. The Balaban J connectivity index is 1.40. The van der Waals surface area contributed by atoms with Crippen LogP contribution in [0.3, 0.4) is 0 Å². The second-order valence-electron chi connectivity index (χ2n) is 7.44. The van der Waals surface area contributed by atoms with Gasteiger partial charge in [0, 0.05) is 35.7 Å². The topological polar surface area (TPSA) is 76.8 Å². The SMILES string of the molecule is Cc1cc(OCC(=O)Nc2ccc3onc(CN4CCOCC4)c3c2)cc(C)c1Cl. The summed E-state index contributed by atoms with van der Waals surface area (Å²) in [7, 11) is 0. The molecule has 0 spiro atoms. The van der Waals surface area contributed by atoms with E-state index in [1.54, 1.807) is 6.07 Å². The van der Waals surface area contributed by atoms with Crippen LogP contribution in [-0.4, -0.2) is 48.9 Å². The van der Waals surface area contributed by atoms with Crippen molar-refractivity contribution in [1.29, 1.82) is 0 Å². The predicted octanol–water partition coefficient (Wildman–Crippen LogP) is 3.95. The first-order chi connectivity index (χ1) is 14.5. The Bertz CT molecular complexity index is 1040. The van der Waals surface area contributed by atoms with Crippen molar-refractivity contribution in [3.05, 3.63) is 52.2 Å². The summed E-state index contributed by atoms with van der Waals surface area (Å²) >= 11 is 6.18. The van der Waals surface area contributed by atoms with Crippen LogP contribution < -0.4 is 10.1 Å². The normalized spacial score (nSPS) is 14.8. The van der Waals surface area contributed by atoms with Crippen LogP contribution >= 0.6 is 11.6 Å². The number of benzene rings is 2. The Morgan fingerprint density at radius 2 is 1.93 bits per heavy atom. The highest BCUT2D eigenvalue weighted by atomic mass is 35.5. The second kappa shape index (κ2) is 9.04. The van der Waals surface area contributed by atoms with Gasteiger partial charge in [0.05, 0.1) is 13.2 Å². The molecule has 0 bridgehead atoms. The third-order valence-electron chi connectivity index (χ3n) is 5.09. The summed E-state index contributed by atoms with van der Waals surface area (Å²) in [5, 5.41) is 8.68. The van der Waals surface area contributed by atoms with Crippen LogP contribution in [0, 0.1) is 13.8 Å². The number of hydrogen-bond acceptors (Lipinski definition) is 6. The summed E-state index contributed by atoms with van der Waals surface area (Å²) in [6.45, 7) is 7.59. The number of rotatable bonds is 6. The van der Waals surface area contributed by atoms with Gasteiger partial charge in [-0.05, 0) is 55.3 Å². The standard InChI is InChI=1S/C22H24ClN3O4/c1-14-9-17(10-15(2)22(14)23)29-13-21(27)24-16-3-4-20-18(11-16)19(25-30-20)12-26-5-7-28-8-6-26/h3-4,9-11H,5-8,12-13H2,1-2H3,(H,24,27). The van der Waals surface area contributed by atoms with Crippen molar-refractivity contribution in [2.24, 2.45) is 0 Å². The highest BCUT2D eigenvalue weighted by Gasteiger charge is 2.16. The summed E-state index contributed by atoms with van der Waals surface area (Å²) in [4.78, 5) is 14.6. The van der Waals surface area contributed by atoms with E-state index >= 15 is 0 Å². The fourth-order valence-electron chi connectivity index (χ4n) is 3.49. The van der Waals surface area contributed by atoms with E-state index in [1.165, 1.54) is 0 Å². The zero-order valence-electron chi connectivity index (χ0n) is 17.0. The third-order valence-corrected chi connectivity index (χ3v) is 5.68. The maximum atomic E-state index is 12.4. The molecule has 1 aliphatic heterocycles. The van der Waals surface area contributed by atoms with Crippen LogP contribution in [0.2, 0.25) is 5.02 Å². The van der Waals surface area contributed by atoms with Crippen molar-refractivity contribution in [3.63, 3.8) is 0 Å². The number of carbonyl (C=O) groups is 1. The molecule has 2 heterocycles. The monoisotopic (exact) mass is 429 g/mol. The Hall–Kier alpha value is -2.61. The molecule has 2 aromatic carbocycles. The molecule has 0 radical (unpaired) electrons. The fraction of sp³-hybridized carbons (Fsp3) is 0.364. The molecule has 0 aliphatic carbocycles. The molecule has 1 amide bonds. The summed E-state index contributed by atoms with van der Waals surface area (Å²) < 4.78 is 16.5. The number of hydrogen-bond donors (Lipinski definition) is 1. The molecule has 1 N–H and O–H groups in total. The maximum absolute atomic E-state index is 12.4. The lowest BCUT2D eigenvalue weighted by Gasteiger charge is -2.25. The van der Waals surface area contributed by atoms with Gasteiger partial charge in [-0.2, -0.15) is 0 Å². The van der Waals surface area contributed by atoms with E-state index in [1.807, 2.05) is 38.1 Å². The van der Waals surface area contributed by atoms with E-state index in [4.69, 9.17) is 25.6 Å². The van der Waals surface area contributed by atoms with Gasteiger partial charge in [0.1, 0.15) is 11.4 Å². The second-order valence-corrected chi connectivity index (χ2v) is 7.81. The van der Waals surface area contributed by atoms with E-state index in [2.05, 4.69) is 15.4 Å². The van der Waals surface area contributed by atoms with Gasteiger partial charge in [-0.15, -0.1) is 0 Å². The van der Waals surface area contributed by atoms with Crippen LogP contribution in [-0.2, 0) is 16.1 Å². The Morgan fingerprint density at radius 3 is 2.67 bits per heavy atom. The molecule has 1 saturated heterocycles. The number of nitrogens with one attached hydrogen (secondary N) is 1. The minimum atomic E-state index is -0.245. The van der Waals surface area contributed by atoms with Crippen LogP contribution in [0.4, 0.5) is 5.69 Å². The predicted molar refractivity (Wildman–Crippen MR) is 115 cm³/mol. The molecular formula is C22H24ClN3O4. The molecule has 8 heteroatoms. The van der Waals surface area contributed by atoms with Crippen LogP contribution in [0.5, 0.6) is 5.75 Å². The molecule has 158 valence electrons. The molecule has 30 heavy (non-hydrogen) atoms. The molecule has 0 atom stereocenters. The fourth-order valence-corrected chi connectivity index (χ4v) is 3.60. The maximum Gasteiger partial charge on any atom is 0.262 e. The Labute approximate surface area is 179 Å². The molecule has 4 rings (SSSR count). The largest absolute Gasteiger partial charge is 0.484 e. The molecule has 3 aromatic rings. The number of anilines is 1. The van der Waals surface area contributed by atoms with E-state index in [0.717, 1.165) is 48.5 Å². The first-order valence-electron chi connectivity index (χ1n) is 9.87. The average Bonchev–Trinajstić information content (AvgIpc) is 3.13.